The minimum absolute atomic E-state index is 0.512. The zero-order valence-electron chi connectivity index (χ0n) is 9.61. The van der Waals surface area contributed by atoms with Crippen molar-refractivity contribution in [3.8, 4) is 0 Å². The van der Waals surface area contributed by atoms with E-state index in [9.17, 15) is 4.91 Å². The van der Waals surface area contributed by atoms with Crippen LogP contribution in [0.25, 0.3) is 0 Å². The molecule has 15 heavy (non-hydrogen) atoms. The Kier molecular flexibility index (Phi) is 3.10. The van der Waals surface area contributed by atoms with Gasteiger partial charge in [0.2, 0.25) is 0 Å². The van der Waals surface area contributed by atoms with Crippen molar-refractivity contribution < 1.29 is 0 Å². The van der Waals surface area contributed by atoms with Crippen molar-refractivity contribution in [2.75, 3.05) is 13.1 Å². The molecule has 0 heterocycles. The minimum atomic E-state index is 0.512. The van der Waals surface area contributed by atoms with Gasteiger partial charge in [-0.15, -0.1) is 0 Å². The lowest BCUT2D eigenvalue weighted by Crippen LogP contribution is -2.19. The Morgan fingerprint density at radius 2 is 2.27 bits per heavy atom. The molecule has 0 aliphatic heterocycles. The van der Waals surface area contributed by atoms with Gasteiger partial charge in [0.05, 0.1) is 6.54 Å². The summed E-state index contributed by atoms with van der Waals surface area (Å²) in [6, 6.07) is 0. The first-order chi connectivity index (χ1) is 7.26. The van der Waals surface area contributed by atoms with Crippen molar-refractivity contribution >= 4 is 0 Å². The van der Waals surface area contributed by atoms with E-state index < -0.39 is 0 Å². The van der Waals surface area contributed by atoms with Gasteiger partial charge in [-0.05, 0) is 55.4 Å². The monoisotopic (exact) mass is 210 g/mol. The van der Waals surface area contributed by atoms with Crippen LogP contribution in [-0.4, -0.2) is 13.1 Å². The molecule has 2 rings (SSSR count). The molecule has 2 saturated carbocycles. The van der Waals surface area contributed by atoms with Gasteiger partial charge in [-0.2, -0.15) is 4.91 Å². The Morgan fingerprint density at radius 3 is 2.73 bits per heavy atom. The van der Waals surface area contributed by atoms with E-state index in [2.05, 4.69) is 12.1 Å². The summed E-state index contributed by atoms with van der Waals surface area (Å²) < 4.78 is 0. The van der Waals surface area contributed by atoms with Gasteiger partial charge in [-0.1, -0.05) is 18.5 Å². The Balaban J connectivity index is 1.90. The molecule has 2 fully saturated rings. The molecule has 86 valence electrons. The standard InChI is InChI=1S/C12H22N2O/c1-9(3-7-13)11-10(4-8-14-15)12(11)5-2-6-12/h9-11H,2-8,13H2,1H3. The Morgan fingerprint density at radius 1 is 1.53 bits per heavy atom. The highest BCUT2D eigenvalue weighted by Gasteiger charge is 2.66. The number of hydrogen-bond acceptors (Lipinski definition) is 3. The van der Waals surface area contributed by atoms with Crippen LogP contribution in [0.4, 0.5) is 0 Å². The van der Waals surface area contributed by atoms with Crippen molar-refractivity contribution in [3.63, 3.8) is 0 Å². The molecule has 0 amide bonds. The van der Waals surface area contributed by atoms with E-state index in [1.54, 1.807) is 0 Å². The van der Waals surface area contributed by atoms with E-state index in [0.717, 1.165) is 37.1 Å². The van der Waals surface area contributed by atoms with E-state index in [1.165, 1.54) is 19.3 Å². The van der Waals surface area contributed by atoms with Crippen molar-refractivity contribution in [3.05, 3.63) is 4.91 Å². The molecule has 2 N–H and O–H groups in total. The molecule has 0 aromatic heterocycles. The summed E-state index contributed by atoms with van der Waals surface area (Å²) in [6.07, 6.45) is 6.31. The van der Waals surface area contributed by atoms with E-state index in [0.29, 0.717) is 12.0 Å². The summed E-state index contributed by atoms with van der Waals surface area (Å²) >= 11 is 0. The fraction of sp³-hybridized carbons (Fsp3) is 1.00. The molecular formula is C12H22N2O. The van der Waals surface area contributed by atoms with Crippen LogP contribution in [0.2, 0.25) is 0 Å². The highest BCUT2D eigenvalue weighted by Crippen LogP contribution is 2.73. The normalized spacial score (nSPS) is 33.5. The minimum Gasteiger partial charge on any atom is -0.330 e. The predicted molar refractivity (Wildman–Crippen MR) is 61.4 cm³/mol. The van der Waals surface area contributed by atoms with Gasteiger partial charge in [0.1, 0.15) is 0 Å². The Labute approximate surface area is 91.8 Å². The van der Waals surface area contributed by atoms with Crippen LogP contribution in [0, 0.1) is 28.1 Å². The van der Waals surface area contributed by atoms with Gasteiger partial charge in [0.15, 0.2) is 0 Å². The van der Waals surface area contributed by atoms with Gasteiger partial charge >= 0.3 is 0 Å². The van der Waals surface area contributed by atoms with Gasteiger partial charge in [0, 0.05) is 0 Å². The maximum absolute atomic E-state index is 10.2. The molecule has 1 spiro atoms. The molecule has 2 aliphatic rings. The van der Waals surface area contributed by atoms with Gasteiger partial charge in [-0.3, -0.25) is 0 Å². The average molecular weight is 210 g/mol. The number of rotatable bonds is 6. The Bertz CT molecular complexity index is 238. The third-order valence-corrected chi connectivity index (χ3v) is 4.78. The zero-order valence-corrected chi connectivity index (χ0v) is 9.61. The van der Waals surface area contributed by atoms with E-state index in [4.69, 9.17) is 5.73 Å². The van der Waals surface area contributed by atoms with E-state index >= 15 is 0 Å². The highest BCUT2D eigenvalue weighted by atomic mass is 16.3. The molecule has 3 unspecified atom stereocenters. The summed E-state index contributed by atoms with van der Waals surface area (Å²) in [5.74, 6) is 2.37. The maximum Gasteiger partial charge on any atom is 0.0814 e. The van der Waals surface area contributed by atoms with Gasteiger partial charge < -0.3 is 5.73 Å². The molecule has 0 aromatic rings. The lowest BCUT2D eigenvalue weighted by atomic mass is 9.76. The fourth-order valence-electron chi connectivity index (χ4n) is 3.97. The maximum atomic E-state index is 10.2. The lowest BCUT2D eigenvalue weighted by Gasteiger charge is -2.29. The third kappa shape index (κ3) is 1.71. The number of nitrogens with zero attached hydrogens (tertiary/aromatic N) is 1. The van der Waals surface area contributed by atoms with Crippen molar-refractivity contribution in [1.82, 2.24) is 0 Å². The smallest absolute Gasteiger partial charge is 0.0814 e. The topological polar surface area (TPSA) is 55.4 Å². The molecule has 3 atom stereocenters. The quantitative estimate of drug-likeness (QED) is 0.685. The van der Waals surface area contributed by atoms with Crippen molar-refractivity contribution in [2.24, 2.45) is 34.1 Å². The molecule has 3 nitrogen and oxygen atoms in total. The second-order valence-corrected chi connectivity index (χ2v) is 5.42. The molecule has 0 bridgehead atoms. The third-order valence-electron chi connectivity index (χ3n) is 4.78. The van der Waals surface area contributed by atoms with Crippen LogP contribution >= 0.6 is 0 Å². The lowest BCUT2D eigenvalue weighted by molar-refractivity contribution is 0.217. The highest BCUT2D eigenvalue weighted by molar-refractivity contribution is 5.15. The summed E-state index contributed by atoms with van der Waals surface area (Å²) in [5, 5.41) is 3.00. The van der Waals surface area contributed by atoms with E-state index in [1.807, 2.05) is 0 Å². The van der Waals surface area contributed by atoms with Crippen LogP contribution in [0.15, 0.2) is 5.18 Å². The van der Waals surface area contributed by atoms with Crippen LogP contribution in [0.5, 0.6) is 0 Å². The first kappa shape index (κ1) is 11.1. The van der Waals surface area contributed by atoms with Crippen LogP contribution in [0.1, 0.15) is 39.0 Å². The molecule has 0 radical (unpaired) electrons. The number of nitroso groups, excluding NO2 is 1. The second kappa shape index (κ2) is 4.20. The molecule has 3 heteroatoms. The first-order valence-electron chi connectivity index (χ1n) is 6.25. The van der Waals surface area contributed by atoms with Gasteiger partial charge in [0.25, 0.3) is 0 Å². The van der Waals surface area contributed by atoms with Gasteiger partial charge in [-0.25, -0.2) is 0 Å². The zero-order chi connectivity index (χ0) is 10.9. The average Bonchev–Trinajstić information content (AvgIpc) is 2.83. The molecule has 0 saturated heterocycles. The summed E-state index contributed by atoms with van der Waals surface area (Å²) in [4.78, 5) is 10.2. The number of nitrogens with two attached hydrogens (primary N) is 1. The largest absolute Gasteiger partial charge is 0.330 e. The predicted octanol–water partition coefficient (Wildman–Crippen LogP) is 2.54. The van der Waals surface area contributed by atoms with E-state index in [-0.39, 0.29) is 0 Å². The summed E-state index contributed by atoms with van der Waals surface area (Å²) in [7, 11) is 0. The second-order valence-electron chi connectivity index (χ2n) is 5.42. The molecular weight excluding hydrogens is 188 g/mol. The summed E-state index contributed by atoms with van der Waals surface area (Å²) in [6.45, 7) is 3.64. The van der Waals surface area contributed by atoms with Crippen molar-refractivity contribution in [1.29, 1.82) is 0 Å². The number of hydrogen-bond donors (Lipinski definition) is 1. The first-order valence-corrected chi connectivity index (χ1v) is 6.25. The molecule has 0 aromatic carbocycles. The Hall–Kier alpha value is -0.440. The summed E-state index contributed by atoms with van der Waals surface area (Å²) in [5.41, 5.74) is 6.24. The fourth-order valence-corrected chi connectivity index (χ4v) is 3.97. The molecule has 2 aliphatic carbocycles. The van der Waals surface area contributed by atoms with Crippen LogP contribution < -0.4 is 5.73 Å². The van der Waals surface area contributed by atoms with Crippen molar-refractivity contribution in [2.45, 2.75) is 39.0 Å². The van der Waals surface area contributed by atoms with Crippen LogP contribution in [0.3, 0.4) is 0 Å². The SMILES string of the molecule is CC(CCN)C1C(CCN=O)C12CCC2. The van der Waals surface area contributed by atoms with Crippen LogP contribution in [-0.2, 0) is 0 Å².